The molecule has 43 heavy (non-hydrogen) atoms. The van der Waals surface area contributed by atoms with Gasteiger partial charge in [-0.3, -0.25) is 9.98 Å². The average Bonchev–Trinajstić information content (AvgIpc) is 3.72. The van der Waals surface area contributed by atoms with Gasteiger partial charge in [-0.2, -0.15) is 13.2 Å². The first-order valence-corrected chi connectivity index (χ1v) is 13.3. The molecule has 0 bridgehead atoms. The van der Waals surface area contributed by atoms with Gasteiger partial charge in [-0.05, 0) is 18.9 Å². The lowest BCUT2D eigenvalue weighted by molar-refractivity contribution is -0.140. The lowest BCUT2D eigenvalue weighted by atomic mass is 10.1. The highest BCUT2D eigenvalue weighted by Gasteiger charge is 2.35. The van der Waals surface area contributed by atoms with Crippen LogP contribution in [0.15, 0.2) is 36.9 Å². The number of aryl methyl sites for hydroxylation is 2. The van der Waals surface area contributed by atoms with E-state index in [4.69, 9.17) is 24.6 Å². The predicted molar refractivity (Wildman–Crippen MR) is 147 cm³/mol. The Bertz CT molecular complexity index is 1890. The molecule has 15 heteroatoms. The van der Waals surface area contributed by atoms with Gasteiger partial charge < -0.3 is 23.3 Å². The van der Waals surface area contributed by atoms with E-state index < -0.39 is 11.9 Å². The van der Waals surface area contributed by atoms with Gasteiger partial charge in [0.1, 0.15) is 29.0 Å². The summed E-state index contributed by atoms with van der Waals surface area (Å²) in [5, 5.41) is 8.85. The van der Waals surface area contributed by atoms with Gasteiger partial charge >= 0.3 is 6.18 Å². The minimum atomic E-state index is -4.57. The van der Waals surface area contributed by atoms with Gasteiger partial charge in [0.05, 0.1) is 25.5 Å². The number of ether oxygens (including phenoxy) is 3. The molecule has 4 heterocycles. The fourth-order valence-corrected chi connectivity index (χ4v) is 5.00. The van der Waals surface area contributed by atoms with E-state index in [2.05, 4.69) is 19.9 Å². The second-order valence-electron chi connectivity index (χ2n) is 10.2. The van der Waals surface area contributed by atoms with Gasteiger partial charge in [-0.25, -0.2) is 24.9 Å². The van der Waals surface area contributed by atoms with Crippen molar-refractivity contribution in [3.63, 3.8) is 0 Å². The largest absolute Gasteiger partial charge is 0.480 e. The molecule has 5 aromatic rings. The molecule has 4 aromatic heterocycles. The summed E-state index contributed by atoms with van der Waals surface area (Å²) in [6.07, 6.45) is 1.51. The quantitative estimate of drug-likeness (QED) is 0.253. The van der Waals surface area contributed by atoms with Crippen molar-refractivity contribution in [2.45, 2.75) is 31.5 Å². The molecule has 12 nitrogen and oxygen atoms in total. The third kappa shape index (κ3) is 5.20. The summed E-state index contributed by atoms with van der Waals surface area (Å²) in [5.41, 5.74) is 2.81. The number of fused-ring (bicyclic) bond motifs is 1. The number of aromatic nitrogens is 8. The van der Waals surface area contributed by atoms with Gasteiger partial charge in [0.2, 0.25) is 11.5 Å². The van der Waals surface area contributed by atoms with Crippen LogP contribution in [-0.4, -0.2) is 59.6 Å². The standard InChI is InChI=1S/C28H28F3N9O3/c1-38-12-20(28(29,30)31)36-24(38)16-7-8-17(19(9-16)43-14-41-3)11-40-25-18(39(2)27(40)32)10-33-23(37-25)21-22(15-5-6-15)34-13-35-26(21)42-4/h7-10,12-13,15,32H,5-6,11,14H2,1-4H3. The average molecular weight is 596 g/mol. The lowest BCUT2D eigenvalue weighted by Gasteiger charge is -2.14. The number of benzene rings is 1. The summed E-state index contributed by atoms with van der Waals surface area (Å²) in [7, 11) is 6.25. The number of nitrogens with zero attached hydrogens (tertiary/aromatic N) is 8. The molecule has 6 rings (SSSR count). The summed E-state index contributed by atoms with van der Waals surface area (Å²) < 4.78 is 61.0. The molecular formula is C28H28F3N9O3. The Balaban J connectivity index is 1.44. The topological polar surface area (TPSA) is 131 Å². The molecule has 1 aliphatic rings. The molecule has 0 atom stereocenters. The molecule has 1 aliphatic carbocycles. The molecule has 0 saturated heterocycles. The fraction of sp³-hybridized carbons (Fsp3) is 0.357. The van der Waals surface area contributed by atoms with Crippen molar-refractivity contribution in [2.24, 2.45) is 14.1 Å². The van der Waals surface area contributed by atoms with Crippen LogP contribution in [0.2, 0.25) is 0 Å². The van der Waals surface area contributed by atoms with Crippen molar-refractivity contribution in [3.05, 3.63) is 59.5 Å². The van der Waals surface area contributed by atoms with E-state index in [1.165, 1.54) is 32.2 Å². The monoisotopic (exact) mass is 595 g/mol. The fourth-order valence-electron chi connectivity index (χ4n) is 5.00. The molecule has 0 radical (unpaired) electrons. The van der Waals surface area contributed by atoms with E-state index in [1.54, 1.807) is 40.6 Å². The maximum Gasteiger partial charge on any atom is 0.434 e. The van der Waals surface area contributed by atoms with Gasteiger partial charge in [0.15, 0.2) is 24.0 Å². The number of halogens is 3. The Labute approximate surface area is 243 Å². The summed E-state index contributed by atoms with van der Waals surface area (Å²) in [6, 6.07) is 5.01. The van der Waals surface area contributed by atoms with Crippen molar-refractivity contribution in [3.8, 4) is 34.4 Å². The van der Waals surface area contributed by atoms with Crippen LogP contribution in [0.25, 0.3) is 33.9 Å². The highest BCUT2D eigenvalue weighted by Crippen LogP contribution is 2.45. The highest BCUT2D eigenvalue weighted by atomic mass is 19.4. The Morgan fingerprint density at radius 3 is 2.53 bits per heavy atom. The van der Waals surface area contributed by atoms with Crippen LogP contribution >= 0.6 is 0 Å². The van der Waals surface area contributed by atoms with Crippen molar-refractivity contribution in [1.29, 1.82) is 5.41 Å². The Morgan fingerprint density at radius 2 is 1.86 bits per heavy atom. The molecule has 0 aliphatic heterocycles. The van der Waals surface area contributed by atoms with Crippen LogP contribution in [0, 0.1) is 5.41 Å². The number of imidazole rings is 2. The molecule has 0 unspecified atom stereocenters. The Hall–Kier alpha value is -4.79. The first kappa shape index (κ1) is 28.3. The molecular weight excluding hydrogens is 567 g/mol. The number of methoxy groups -OCH3 is 2. The van der Waals surface area contributed by atoms with Crippen LogP contribution < -0.4 is 15.1 Å². The number of nitrogens with one attached hydrogen (secondary N) is 1. The van der Waals surface area contributed by atoms with E-state index in [9.17, 15) is 13.2 Å². The Morgan fingerprint density at radius 1 is 1.07 bits per heavy atom. The molecule has 1 fully saturated rings. The van der Waals surface area contributed by atoms with Crippen LogP contribution in [-0.2, 0) is 31.6 Å². The second-order valence-corrected chi connectivity index (χ2v) is 10.2. The van der Waals surface area contributed by atoms with Gasteiger partial charge in [0.25, 0.3) is 0 Å². The van der Waals surface area contributed by atoms with Gasteiger partial charge in [-0.1, -0.05) is 12.1 Å². The summed E-state index contributed by atoms with van der Waals surface area (Å²) in [4.78, 5) is 22.0. The van der Waals surface area contributed by atoms with Crippen molar-refractivity contribution in [1.82, 2.24) is 38.6 Å². The first-order chi connectivity index (χ1) is 20.6. The van der Waals surface area contributed by atoms with Crippen molar-refractivity contribution < 1.29 is 27.4 Å². The van der Waals surface area contributed by atoms with Crippen LogP contribution in [0.3, 0.4) is 0 Å². The highest BCUT2D eigenvalue weighted by molar-refractivity contribution is 5.76. The zero-order valence-electron chi connectivity index (χ0n) is 23.8. The molecule has 1 aromatic carbocycles. The van der Waals surface area contributed by atoms with E-state index >= 15 is 0 Å². The third-order valence-electron chi connectivity index (χ3n) is 7.32. The predicted octanol–water partition coefficient (Wildman–Crippen LogP) is 4.04. The number of alkyl halides is 3. The first-order valence-electron chi connectivity index (χ1n) is 13.3. The smallest absolute Gasteiger partial charge is 0.434 e. The van der Waals surface area contributed by atoms with E-state index in [-0.39, 0.29) is 30.7 Å². The summed E-state index contributed by atoms with van der Waals surface area (Å²) in [6.45, 7) is 0.0705. The number of rotatable bonds is 9. The van der Waals surface area contributed by atoms with Gasteiger partial charge in [0, 0.05) is 44.4 Å². The summed E-state index contributed by atoms with van der Waals surface area (Å²) in [5.74, 6) is 1.53. The van der Waals surface area contributed by atoms with E-state index in [0.717, 1.165) is 24.7 Å². The maximum absolute atomic E-state index is 13.3. The zero-order chi connectivity index (χ0) is 30.5. The normalized spacial score (nSPS) is 13.6. The van der Waals surface area contributed by atoms with Crippen molar-refractivity contribution >= 4 is 11.2 Å². The van der Waals surface area contributed by atoms with Crippen molar-refractivity contribution in [2.75, 3.05) is 21.0 Å². The Kier molecular flexibility index (Phi) is 7.12. The second kappa shape index (κ2) is 10.8. The lowest BCUT2D eigenvalue weighted by Crippen LogP contribution is -2.23. The third-order valence-corrected chi connectivity index (χ3v) is 7.32. The molecule has 1 saturated carbocycles. The number of hydrogen-bond donors (Lipinski definition) is 1. The molecule has 0 amide bonds. The van der Waals surface area contributed by atoms with Gasteiger partial charge in [-0.15, -0.1) is 0 Å². The van der Waals surface area contributed by atoms with Crippen LogP contribution in [0.1, 0.15) is 35.7 Å². The minimum Gasteiger partial charge on any atom is -0.480 e. The van der Waals surface area contributed by atoms with E-state index in [0.29, 0.717) is 45.3 Å². The van der Waals surface area contributed by atoms with Crippen LogP contribution in [0.4, 0.5) is 13.2 Å². The maximum atomic E-state index is 13.3. The SMILES string of the molecule is COCOc1cc(-c2nc(C(F)(F)F)cn2C)ccc1Cn1c(=N)n(C)c2cnc(-c3c(OC)ncnc3C3CC3)nc21. The van der Waals surface area contributed by atoms with E-state index in [1.807, 2.05) is 0 Å². The minimum absolute atomic E-state index is 0.0944. The zero-order valence-corrected chi connectivity index (χ0v) is 23.8. The number of hydrogen-bond acceptors (Lipinski definition) is 9. The summed E-state index contributed by atoms with van der Waals surface area (Å²) >= 11 is 0. The molecule has 1 N–H and O–H groups in total. The van der Waals surface area contributed by atoms with Crippen LogP contribution in [0.5, 0.6) is 11.6 Å². The molecule has 0 spiro atoms. The molecule has 224 valence electrons.